The van der Waals surface area contributed by atoms with E-state index in [0.29, 0.717) is 12.1 Å². The number of benzene rings is 1. The van der Waals surface area contributed by atoms with Gasteiger partial charge in [-0.25, -0.2) is 0 Å². The van der Waals surface area contributed by atoms with E-state index in [9.17, 15) is 9.59 Å². The monoisotopic (exact) mass is 229 g/mol. The van der Waals surface area contributed by atoms with E-state index in [2.05, 4.69) is 0 Å². The lowest BCUT2D eigenvalue weighted by Crippen LogP contribution is -2.44. The summed E-state index contributed by atoms with van der Waals surface area (Å²) in [6.45, 7) is 4.43. The summed E-state index contributed by atoms with van der Waals surface area (Å²) in [5.74, 6) is -0.466. The van der Waals surface area contributed by atoms with Gasteiger partial charge in [0.05, 0.1) is 0 Å². The SMILES string of the molecule is CC1(C)C=CC(=O)N(C(=O)c2ccccc2)C1. The smallest absolute Gasteiger partial charge is 0.260 e. The minimum atomic E-state index is -0.238. The van der Waals surface area contributed by atoms with Crippen molar-refractivity contribution in [3.63, 3.8) is 0 Å². The molecule has 0 aromatic heterocycles. The number of hydrogen-bond donors (Lipinski definition) is 0. The van der Waals surface area contributed by atoms with E-state index in [1.165, 1.54) is 11.0 Å². The third-order valence-electron chi connectivity index (χ3n) is 2.77. The first-order valence-corrected chi connectivity index (χ1v) is 5.60. The highest BCUT2D eigenvalue weighted by molar-refractivity contribution is 6.08. The zero-order chi connectivity index (χ0) is 12.5. The van der Waals surface area contributed by atoms with Crippen molar-refractivity contribution in [2.45, 2.75) is 13.8 Å². The quantitative estimate of drug-likeness (QED) is 0.693. The van der Waals surface area contributed by atoms with Crippen LogP contribution in [0.15, 0.2) is 42.5 Å². The van der Waals surface area contributed by atoms with Crippen LogP contribution in [0.25, 0.3) is 0 Å². The van der Waals surface area contributed by atoms with Crippen LogP contribution in [0.3, 0.4) is 0 Å². The number of nitrogens with zero attached hydrogens (tertiary/aromatic N) is 1. The minimum Gasteiger partial charge on any atom is -0.274 e. The molecule has 0 aliphatic carbocycles. The molecule has 1 heterocycles. The number of hydrogen-bond acceptors (Lipinski definition) is 2. The van der Waals surface area contributed by atoms with Gasteiger partial charge in [-0.1, -0.05) is 38.1 Å². The Labute approximate surface area is 101 Å². The lowest BCUT2D eigenvalue weighted by atomic mass is 9.89. The van der Waals surface area contributed by atoms with Gasteiger partial charge in [0.1, 0.15) is 0 Å². The maximum Gasteiger partial charge on any atom is 0.260 e. The molecule has 1 aliphatic rings. The molecule has 3 nitrogen and oxygen atoms in total. The lowest BCUT2D eigenvalue weighted by Gasteiger charge is -2.32. The van der Waals surface area contributed by atoms with E-state index in [4.69, 9.17) is 0 Å². The third kappa shape index (κ3) is 2.44. The standard InChI is InChI=1S/C14H15NO2/c1-14(2)9-8-12(16)15(10-14)13(17)11-6-4-3-5-7-11/h3-9H,10H2,1-2H3. The topological polar surface area (TPSA) is 37.4 Å². The number of carbonyl (C=O) groups is 2. The predicted molar refractivity (Wildman–Crippen MR) is 65.4 cm³/mol. The Balaban J connectivity index is 2.27. The summed E-state index contributed by atoms with van der Waals surface area (Å²) < 4.78 is 0. The molecule has 0 bridgehead atoms. The first-order chi connectivity index (χ1) is 7.99. The summed E-state index contributed by atoms with van der Waals surface area (Å²) in [4.78, 5) is 25.2. The summed E-state index contributed by atoms with van der Waals surface area (Å²) in [7, 11) is 0. The molecule has 0 atom stereocenters. The van der Waals surface area contributed by atoms with E-state index < -0.39 is 0 Å². The highest BCUT2D eigenvalue weighted by atomic mass is 16.2. The molecule has 88 valence electrons. The predicted octanol–water partition coefficient (Wildman–Crippen LogP) is 2.25. The molecule has 0 spiro atoms. The van der Waals surface area contributed by atoms with Gasteiger partial charge in [-0.05, 0) is 12.1 Å². The van der Waals surface area contributed by atoms with E-state index in [0.717, 1.165) is 0 Å². The van der Waals surface area contributed by atoms with Gasteiger partial charge < -0.3 is 0 Å². The van der Waals surface area contributed by atoms with Crippen molar-refractivity contribution in [1.82, 2.24) is 4.90 Å². The summed E-state index contributed by atoms with van der Waals surface area (Å²) in [6.07, 6.45) is 3.33. The fraction of sp³-hybridized carbons (Fsp3) is 0.286. The van der Waals surface area contributed by atoms with Crippen LogP contribution in [0.2, 0.25) is 0 Å². The molecule has 1 aliphatic heterocycles. The molecule has 3 heteroatoms. The molecule has 0 N–H and O–H groups in total. The Hall–Kier alpha value is -1.90. The molecule has 0 saturated heterocycles. The molecule has 1 aromatic carbocycles. The maximum absolute atomic E-state index is 12.2. The van der Waals surface area contributed by atoms with Gasteiger partial charge in [-0.3, -0.25) is 14.5 Å². The second-order valence-electron chi connectivity index (χ2n) is 4.92. The number of amides is 2. The number of carbonyl (C=O) groups excluding carboxylic acids is 2. The molecule has 0 unspecified atom stereocenters. The van der Waals surface area contributed by atoms with Crippen LogP contribution in [0.1, 0.15) is 24.2 Å². The van der Waals surface area contributed by atoms with Gasteiger partial charge in [-0.15, -0.1) is 0 Å². The van der Waals surface area contributed by atoms with Crippen molar-refractivity contribution in [2.24, 2.45) is 5.41 Å². The van der Waals surface area contributed by atoms with Crippen molar-refractivity contribution in [3.8, 4) is 0 Å². The highest BCUT2D eigenvalue weighted by Gasteiger charge is 2.31. The van der Waals surface area contributed by atoms with Gasteiger partial charge in [0, 0.05) is 23.6 Å². The Morgan fingerprint density at radius 1 is 1.24 bits per heavy atom. The summed E-state index contributed by atoms with van der Waals surface area (Å²) >= 11 is 0. The van der Waals surface area contributed by atoms with Crippen LogP contribution in [-0.4, -0.2) is 23.3 Å². The largest absolute Gasteiger partial charge is 0.274 e. The number of imide groups is 1. The summed E-state index contributed by atoms with van der Waals surface area (Å²) in [6, 6.07) is 8.88. The molecule has 17 heavy (non-hydrogen) atoms. The van der Waals surface area contributed by atoms with Crippen LogP contribution >= 0.6 is 0 Å². The first-order valence-electron chi connectivity index (χ1n) is 5.60. The van der Waals surface area contributed by atoms with Crippen LogP contribution in [0.5, 0.6) is 0 Å². The fourth-order valence-corrected chi connectivity index (χ4v) is 1.83. The van der Waals surface area contributed by atoms with Crippen molar-refractivity contribution in [3.05, 3.63) is 48.0 Å². The number of rotatable bonds is 1. The van der Waals surface area contributed by atoms with Crippen molar-refractivity contribution in [2.75, 3.05) is 6.54 Å². The zero-order valence-corrected chi connectivity index (χ0v) is 10.0. The minimum absolute atomic E-state index is 0.154. The average molecular weight is 229 g/mol. The molecular weight excluding hydrogens is 214 g/mol. The Bertz CT molecular complexity index is 474. The van der Waals surface area contributed by atoms with Crippen LogP contribution in [0.4, 0.5) is 0 Å². The van der Waals surface area contributed by atoms with Gasteiger partial charge in [0.2, 0.25) is 0 Å². The van der Waals surface area contributed by atoms with Crippen LogP contribution in [-0.2, 0) is 4.79 Å². The van der Waals surface area contributed by atoms with Gasteiger partial charge in [0.15, 0.2) is 0 Å². The Kier molecular flexibility index (Phi) is 2.84. The van der Waals surface area contributed by atoms with Crippen molar-refractivity contribution < 1.29 is 9.59 Å². The Morgan fingerprint density at radius 2 is 1.88 bits per heavy atom. The van der Waals surface area contributed by atoms with E-state index in [-0.39, 0.29) is 17.2 Å². The van der Waals surface area contributed by atoms with Gasteiger partial charge in [-0.2, -0.15) is 0 Å². The zero-order valence-electron chi connectivity index (χ0n) is 10.0. The summed E-state index contributed by atoms with van der Waals surface area (Å²) in [5.41, 5.74) is 0.394. The van der Waals surface area contributed by atoms with Crippen LogP contribution in [0, 0.1) is 5.41 Å². The lowest BCUT2D eigenvalue weighted by molar-refractivity contribution is -0.125. The second kappa shape index (κ2) is 4.17. The van der Waals surface area contributed by atoms with Crippen molar-refractivity contribution >= 4 is 11.8 Å². The van der Waals surface area contributed by atoms with E-state index in [1.54, 1.807) is 24.3 Å². The van der Waals surface area contributed by atoms with Gasteiger partial charge >= 0.3 is 0 Å². The fourth-order valence-electron chi connectivity index (χ4n) is 1.83. The molecule has 2 rings (SSSR count). The van der Waals surface area contributed by atoms with E-state index in [1.807, 2.05) is 26.0 Å². The normalized spacial score (nSPS) is 18.2. The third-order valence-corrected chi connectivity index (χ3v) is 2.77. The van der Waals surface area contributed by atoms with Crippen molar-refractivity contribution in [1.29, 1.82) is 0 Å². The molecule has 0 radical (unpaired) electrons. The average Bonchev–Trinajstić information content (AvgIpc) is 2.33. The molecule has 0 saturated carbocycles. The highest BCUT2D eigenvalue weighted by Crippen LogP contribution is 2.24. The maximum atomic E-state index is 12.2. The molecule has 0 fully saturated rings. The first kappa shape index (κ1) is 11.6. The molecular formula is C14H15NO2. The van der Waals surface area contributed by atoms with E-state index >= 15 is 0 Å². The van der Waals surface area contributed by atoms with Crippen LogP contribution < -0.4 is 0 Å². The molecule has 1 aromatic rings. The Morgan fingerprint density at radius 3 is 2.53 bits per heavy atom. The summed E-state index contributed by atoms with van der Waals surface area (Å²) in [5, 5.41) is 0. The molecule has 2 amide bonds. The second-order valence-corrected chi connectivity index (χ2v) is 4.92. The van der Waals surface area contributed by atoms with Gasteiger partial charge in [0.25, 0.3) is 11.8 Å².